The Labute approximate surface area is 143 Å². The van der Waals surface area contributed by atoms with Crippen LogP contribution >= 0.6 is 15.9 Å². The summed E-state index contributed by atoms with van der Waals surface area (Å²) in [6, 6.07) is 7.49. The molecule has 1 aromatic carbocycles. The van der Waals surface area contributed by atoms with Crippen molar-refractivity contribution < 1.29 is 19.1 Å². The number of esters is 1. The first-order valence-electron chi connectivity index (χ1n) is 7.07. The minimum Gasteiger partial charge on any atom is -0.465 e. The molecule has 0 atom stereocenters. The Balaban J connectivity index is 2.45. The van der Waals surface area contributed by atoms with E-state index in [1.807, 2.05) is 24.3 Å². The van der Waals surface area contributed by atoms with Crippen LogP contribution in [0.5, 0.6) is 0 Å². The summed E-state index contributed by atoms with van der Waals surface area (Å²) < 4.78 is 10.8. The van der Waals surface area contributed by atoms with Gasteiger partial charge in [0.2, 0.25) is 0 Å². The molecule has 0 unspecified atom stereocenters. The number of amides is 1. The third kappa shape index (κ3) is 3.71. The smallest absolute Gasteiger partial charge is 0.340 e. The zero-order valence-electron chi connectivity index (χ0n) is 13.3. The minimum atomic E-state index is -0.515. The fourth-order valence-electron chi connectivity index (χ4n) is 2.41. The molecule has 5 nitrogen and oxygen atoms in total. The first kappa shape index (κ1) is 17.4. The van der Waals surface area contributed by atoms with Gasteiger partial charge in [0.05, 0.1) is 24.9 Å². The maximum Gasteiger partial charge on any atom is 0.340 e. The van der Waals surface area contributed by atoms with Gasteiger partial charge in [0.15, 0.2) is 0 Å². The van der Waals surface area contributed by atoms with Crippen LogP contribution < -0.4 is 0 Å². The van der Waals surface area contributed by atoms with Gasteiger partial charge in [0, 0.05) is 23.8 Å². The topological polar surface area (TPSA) is 55.8 Å². The van der Waals surface area contributed by atoms with E-state index in [9.17, 15) is 9.59 Å². The molecule has 1 heterocycles. The Morgan fingerprint density at radius 2 is 1.91 bits per heavy atom. The highest BCUT2D eigenvalue weighted by atomic mass is 79.9. The molecule has 1 aromatic rings. The molecule has 0 bridgehead atoms. The highest BCUT2D eigenvalue weighted by Crippen LogP contribution is 2.31. The van der Waals surface area contributed by atoms with Crippen LogP contribution in [0.15, 0.2) is 45.6 Å². The van der Waals surface area contributed by atoms with Gasteiger partial charge in [-0.1, -0.05) is 28.1 Å². The van der Waals surface area contributed by atoms with Crippen molar-refractivity contribution >= 4 is 33.9 Å². The van der Waals surface area contributed by atoms with Crippen molar-refractivity contribution in [1.29, 1.82) is 0 Å². The quantitative estimate of drug-likeness (QED) is 0.582. The van der Waals surface area contributed by atoms with Gasteiger partial charge in [-0.15, -0.1) is 0 Å². The monoisotopic (exact) mass is 379 g/mol. The van der Waals surface area contributed by atoms with Crippen LogP contribution in [0.25, 0.3) is 6.08 Å². The molecule has 0 saturated heterocycles. The van der Waals surface area contributed by atoms with Crippen molar-refractivity contribution in [3.05, 3.63) is 51.1 Å². The van der Waals surface area contributed by atoms with Crippen LogP contribution in [0.1, 0.15) is 12.5 Å². The Bertz CT molecular complexity index is 676. The Morgan fingerprint density at radius 1 is 1.26 bits per heavy atom. The third-order valence-electron chi connectivity index (χ3n) is 3.60. The van der Waals surface area contributed by atoms with E-state index in [0.29, 0.717) is 30.0 Å². The van der Waals surface area contributed by atoms with Gasteiger partial charge in [-0.25, -0.2) is 4.79 Å². The summed E-state index contributed by atoms with van der Waals surface area (Å²) in [5.41, 5.74) is 2.06. The fourth-order valence-corrected chi connectivity index (χ4v) is 2.67. The Hall–Kier alpha value is -1.92. The van der Waals surface area contributed by atoms with Crippen LogP contribution in [0.3, 0.4) is 0 Å². The number of allylic oxidation sites excluding steroid dienone is 1. The largest absolute Gasteiger partial charge is 0.465 e. The lowest BCUT2D eigenvalue weighted by Gasteiger charge is -2.16. The van der Waals surface area contributed by atoms with E-state index in [-0.39, 0.29) is 5.91 Å². The van der Waals surface area contributed by atoms with Crippen molar-refractivity contribution in [2.24, 2.45) is 0 Å². The second-order valence-corrected chi connectivity index (χ2v) is 5.93. The lowest BCUT2D eigenvalue weighted by Crippen LogP contribution is -2.28. The van der Waals surface area contributed by atoms with Gasteiger partial charge in [0.25, 0.3) is 5.91 Å². The van der Waals surface area contributed by atoms with Crippen LogP contribution in [0.2, 0.25) is 0 Å². The maximum atomic E-state index is 12.7. The number of benzene rings is 1. The first-order valence-corrected chi connectivity index (χ1v) is 7.86. The maximum absolute atomic E-state index is 12.7. The molecule has 0 saturated carbocycles. The van der Waals surface area contributed by atoms with E-state index in [1.54, 1.807) is 25.0 Å². The number of halogens is 1. The SMILES string of the molecule is COCCN1C(=O)C(=Cc2ccc(Br)cc2)C(C(=O)OC)=C1C. The summed E-state index contributed by atoms with van der Waals surface area (Å²) in [6.45, 7) is 2.52. The number of ether oxygens (including phenoxy) is 2. The molecule has 0 spiro atoms. The van der Waals surface area contributed by atoms with Gasteiger partial charge < -0.3 is 14.4 Å². The van der Waals surface area contributed by atoms with Crippen LogP contribution in [-0.2, 0) is 19.1 Å². The number of carbonyl (C=O) groups excluding carboxylic acids is 2. The first-order chi connectivity index (χ1) is 11.0. The molecule has 0 fully saturated rings. The van der Waals surface area contributed by atoms with E-state index in [4.69, 9.17) is 9.47 Å². The molecular formula is C17H18BrNO4. The lowest BCUT2D eigenvalue weighted by molar-refractivity contribution is -0.136. The summed E-state index contributed by atoms with van der Waals surface area (Å²) in [5, 5.41) is 0. The molecule has 122 valence electrons. The van der Waals surface area contributed by atoms with Crippen molar-refractivity contribution in [1.82, 2.24) is 4.90 Å². The lowest BCUT2D eigenvalue weighted by atomic mass is 10.0. The van der Waals surface area contributed by atoms with Crippen LogP contribution in [-0.4, -0.2) is 44.1 Å². The van der Waals surface area contributed by atoms with Crippen molar-refractivity contribution in [2.45, 2.75) is 6.92 Å². The van der Waals surface area contributed by atoms with Gasteiger partial charge in [-0.3, -0.25) is 4.79 Å². The highest BCUT2D eigenvalue weighted by molar-refractivity contribution is 9.10. The van der Waals surface area contributed by atoms with E-state index in [0.717, 1.165) is 10.0 Å². The molecule has 0 aromatic heterocycles. The zero-order chi connectivity index (χ0) is 17.0. The number of hydrogen-bond donors (Lipinski definition) is 0. The summed E-state index contributed by atoms with van der Waals surface area (Å²) in [7, 11) is 2.88. The summed E-state index contributed by atoms with van der Waals surface area (Å²) >= 11 is 3.37. The molecule has 0 N–H and O–H groups in total. The molecule has 6 heteroatoms. The third-order valence-corrected chi connectivity index (χ3v) is 4.13. The van der Waals surface area contributed by atoms with Gasteiger partial charge in [0.1, 0.15) is 0 Å². The van der Waals surface area contributed by atoms with E-state index >= 15 is 0 Å². The minimum absolute atomic E-state index is 0.220. The Morgan fingerprint density at radius 3 is 2.48 bits per heavy atom. The molecule has 1 amide bonds. The number of rotatable bonds is 5. The van der Waals surface area contributed by atoms with Crippen LogP contribution in [0, 0.1) is 0 Å². The van der Waals surface area contributed by atoms with E-state index < -0.39 is 5.97 Å². The molecule has 1 aliphatic heterocycles. The normalized spacial score (nSPS) is 16.4. The van der Waals surface area contributed by atoms with E-state index in [2.05, 4.69) is 15.9 Å². The van der Waals surface area contributed by atoms with E-state index in [1.165, 1.54) is 7.11 Å². The second kappa shape index (κ2) is 7.57. The van der Waals surface area contributed by atoms with Crippen molar-refractivity contribution in [3.63, 3.8) is 0 Å². The zero-order valence-corrected chi connectivity index (χ0v) is 14.8. The fraction of sp³-hybridized carbons (Fsp3) is 0.294. The van der Waals surface area contributed by atoms with Crippen molar-refractivity contribution in [3.8, 4) is 0 Å². The molecule has 0 aliphatic carbocycles. The average Bonchev–Trinajstić information content (AvgIpc) is 2.77. The highest BCUT2D eigenvalue weighted by Gasteiger charge is 2.36. The summed E-state index contributed by atoms with van der Waals surface area (Å²) in [6.07, 6.45) is 1.71. The molecule has 23 heavy (non-hydrogen) atoms. The van der Waals surface area contributed by atoms with Crippen molar-refractivity contribution in [2.75, 3.05) is 27.4 Å². The summed E-state index contributed by atoms with van der Waals surface area (Å²) in [4.78, 5) is 26.3. The average molecular weight is 380 g/mol. The predicted molar refractivity (Wildman–Crippen MR) is 90.4 cm³/mol. The second-order valence-electron chi connectivity index (χ2n) is 5.01. The number of carbonyl (C=O) groups is 2. The Kier molecular flexibility index (Phi) is 5.74. The van der Waals surface area contributed by atoms with Gasteiger partial charge in [-0.05, 0) is 30.7 Å². The van der Waals surface area contributed by atoms with Crippen LogP contribution in [0.4, 0.5) is 0 Å². The molecular weight excluding hydrogens is 362 g/mol. The standard InChI is InChI=1S/C17H18BrNO4/c1-11-15(17(21)23-3)14(16(20)19(11)8-9-22-2)10-12-4-6-13(18)7-5-12/h4-7,10H,8-9H2,1-3H3. The van der Waals surface area contributed by atoms with Gasteiger partial charge in [-0.2, -0.15) is 0 Å². The number of hydrogen-bond acceptors (Lipinski definition) is 4. The molecule has 0 radical (unpaired) electrons. The predicted octanol–water partition coefficient (Wildman–Crippen LogP) is 2.77. The summed E-state index contributed by atoms with van der Waals surface area (Å²) in [5.74, 6) is -0.734. The van der Waals surface area contributed by atoms with Gasteiger partial charge >= 0.3 is 5.97 Å². The molecule has 2 rings (SSSR count). The number of nitrogens with zero attached hydrogens (tertiary/aromatic N) is 1. The molecule has 1 aliphatic rings. The number of methoxy groups -OCH3 is 2.